The van der Waals surface area contributed by atoms with E-state index >= 15 is 0 Å². The SMILES string of the molecule is COC(C)Cn1c(CN)cnc1C. The zero-order valence-corrected chi connectivity index (χ0v) is 8.45. The van der Waals surface area contributed by atoms with Gasteiger partial charge in [0.1, 0.15) is 5.82 Å². The highest BCUT2D eigenvalue weighted by Gasteiger charge is 2.08. The third-order valence-corrected chi connectivity index (χ3v) is 2.19. The molecule has 1 atom stereocenters. The van der Waals surface area contributed by atoms with Gasteiger partial charge in [-0.2, -0.15) is 0 Å². The van der Waals surface area contributed by atoms with Gasteiger partial charge in [0.05, 0.1) is 18.3 Å². The summed E-state index contributed by atoms with van der Waals surface area (Å²) in [7, 11) is 1.71. The van der Waals surface area contributed by atoms with Crippen molar-refractivity contribution in [3.63, 3.8) is 0 Å². The van der Waals surface area contributed by atoms with Gasteiger partial charge >= 0.3 is 0 Å². The quantitative estimate of drug-likeness (QED) is 0.747. The molecule has 1 unspecified atom stereocenters. The molecule has 0 saturated carbocycles. The lowest BCUT2D eigenvalue weighted by molar-refractivity contribution is 0.102. The van der Waals surface area contributed by atoms with Gasteiger partial charge in [0.25, 0.3) is 0 Å². The van der Waals surface area contributed by atoms with Gasteiger partial charge in [-0.05, 0) is 13.8 Å². The van der Waals surface area contributed by atoms with E-state index in [1.54, 1.807) is 7.11 Å². The topological polar surface area (TPSA) is 53.1 Å². The number of hydrogen-bond donors (Lipinski definition) is 1. The van der Waals surface area contributed by atoms with Crippen molar-refractivity contribution >= 4 is 0 Å². The van der Waals surface area contributed by atoms with E-state index in [0.717, 1.165) is 18.1 Å². The molecule has 1 aromatic rings. The predicted octanol–water partition coefficient (Wildman–Crippen LogP) is 0.685. The summed E-state index contributed by atoms with van der Waals surface area (Å²) in [6.07, 6.45) is 2.01. The van der Waals surface area contributed by atoms with Crippen molar-refractivity contribution in [2.45, 2.75) is 33.0 Å². The van der Waals surface area contributed by atoms with Crippen molar-refractivity contribution in [2.24, 2.45) is 5.73 Å². The summed E-state index contributed by atoms with van der Waals surface area (Å²) >= 11 is 0. The number of nitrogens with two attached hydrogens (primary N) is 1. The molecule has 13 heavy (non-hydrogen) atoms. The lowest BCUT2D eigenvalue weighted by Crippen LogP contribution is -2.18. The maximum atomic E-state index is 5.58. The van der Waals surface area contributed by atoms with Crippen molar-refractivity contribution in [3.05, 3.63) is 17.7 Å². The first-order valence-electron chi connectivity index (χ1n) is 4.43. The van der Waals surface area contributed by atoms with Gasteiger partial charge in [-0.25, -0.2) is 4.98 Å². The Morgan fingerprint density at radius 1 is 1.69 bits per heavy atom. The number of aryl methyl sites for hydroxylation is 1. The van der Waals surface area contributed by atoms with Crippen molar-refractivity contribution in [3.8, 4) is 0 Å². The number of hydrogen-bond acceptors (Lipinski definition) is 3. The van der Waals surface area contributed by atoms with E-state index in [-0.39, 0.29) is 6.10 Å². The van der Waals surface area contributed by atoms with Crippen molar-refractivity contribution in [1.29, 1.82) is 0 Å². The van der Waals surface area contributed by atoms with Gasteiger partial charge in [-0.15, -0.1) is 0 Å². The number of rotatable bonds is 4. The van der Waals surface area contributed by atoms with Gasteiger partial charge in [0.2, 0.25) is 0 Å². The van der Waals surface area contributed by atoms with E-state index in [1.807, 2.05) is 20.0 Å². The Morgan fingerprint density at radius 3 is 2.92 bits per heavy atom. The van der Waals surface area contributed by atoms with E-state index in [4.69, 9.17) is 10.5 Å². The molecule has 0 spiro atoms. The lowest BCUT2D eigenvalue weighted by Gasteiger charge is -2.13. The Morgan fingerprint density at radius 2 is 2.38 bits per heavy atom. The Labute approximate surface area is 78.7 Å². The second-order valence-electron chi connectivity index (χ2n) is 3.16. The summed E-state index contributed by atoms with van der Waals surface area (Å²) < 4.78 is 7.28. The summed E-state index contributed by atoms with van der Waals surface area (Å²) in [5.41, 5.74) is 6.64. The van der Waals surface area contributed by atoms with Crippen molar-refractivity contribution < 1.29 is 4.74 Å². The van der Waals surface area contributed by atoms with Crippen LogP contribution in [-0.4, -0.2) is 22.8 Å². The van der Waals surface area contributed by atoms with Gasteiger partial charge in [0, 0.05) is 19.9 Å². The largest absolute Gasteiger partial charge is 0.380 e. The Bertz CT molecular complexity index is 270. The number of aromatic nitrogens is 2. The van der Waals surface area contributed by atoms with Crippen LogP contribution in [0.5, 0.6) is 0 Å². The van der Waals surface area contributed by atoms with Crippen LogP contribution < -0.4 is 5.73 Å². The first-order chi connectivity index (χ1) is 6.19. The zero-order valence-electron chi connectivity index (χ0n) is 8.45. The average Bonchev–Trinajstić information content (AvgIpc) is 2.48. The molecule has 0 aliphatic heterocycles. The van der Waals surface area contributed by atoms with E-state index in [2.05, 4.69) is 9.55 Å². The summed E-state index contributed by atoms with van der Waals surface area (Å²) in [6.45, 7) is 5.34. The van der Waals surface area contributed by atoms with Gasteiger partial charge in [-0.3, -0.25) is 0 Å². The van der Waals surface area contributed by atoms with Gasteiger partial charge in [0.15, 0.2) is 0 Å². The third-order valence-electron chi connectivity index (χ3n) is 2.19. The minimum absolute atomic E-state index is 0.193. The smallest absolute Gasteiger partial charge is 0.105 e. The third kappa shape index (κ3) is 2.29. The molecular formula is C9H17N3O. The summed E-state index contributed by atoms with van der Waals surface area (Å²) in [5, 5.41) is 0. The van der Waals surface area contributed by atoms with Crippen LogP contribution in [0, 0.1) is 6.92 Å². The highest BCUT2D eigenvalue weighted by molar-refractivity contribution is 5.04. The predicted molar refractivity (Wildman–Crippen MR) is 51.3 cm³/mol. The molecule has 74 valence electrons. The fourth-order valence-corrected chi connectivity index (χ4v) is 1.26. The molecule has 1 heterocycles. The van der Waals surface area contributed by atoms with Gasteiger partial charge in [-0.1, -0.05) is 0 Å². The first-order valence-corrected chi connectivity index (χ1v) is 4.43. The van der Waals surface area contributed by atoms with Gasteiger partial charge < -0.3 is 15.0 Å². The lowest BCUT2D eigenvalue weighted by atomic mass is 10.3. The second-order valence-corrected chi connectivity index (χ2v) is 3.16. The molecule has 0 aliphatic rings. The van der Waals surface area contributed by atoms with E-state index in [9.17, 15) is 0 Å². The molecule has 4 nitrogen and oxygen atoms in total. The molecule has 0 aliphatic carbocycles. The summed E-state index contributed by atoms with van der Waals surface area (Å²) in [6, 6.07) is 0. The molecule has 0 saturated heterocycles. The highest BCUT2D eigenvalue weighted by Crippen LogP contribution is 2.06. The highest BCUT2D eigenvalue weighted by atomic mass is 16.5. The molecule has 0 radical (unpaired) electrons. The molecule has 0 fully saturated rings. The van der Waals surface area contributed by atoms with Crippen LogP contribution >= 0.6 is 0 Å². The minimum Gasteiger partial charge on any atom is -0.380 e. The van der Waals surface area contributed by atoms with Crippen LogP contribution in [0.3, 0.4) is 0 Å². The number of ether oxygens (including phenoxy) is 1. The van der Waals surface area contributed by atoms with Crippen LogP contribution in [0.4, 0.5) is 0 Å². The van der Waals surface area contributed by atoms with Crippen molar-refractivity contribution in [1.82, 2.24) is 9.55 Å². The summed E-state index contributed by atoms with van der Waals surface area (Å²) in [4.78, 5) is 4.20. The molecule has 1 aromatic heterocycles. The average molecular weight is 183 g/mol. The van der Waals surface area contributed by atoms with Crippen LogP contribution in [0.25, 0.3) is 0 Å². The van der Waals surface area contributed by atoms with Crippen LogP contribution in [0.2, 0.25) is 0 Å². The minimum atomic E-state index is 0.193. The normalized spacial score (nSPS) is 13.2. The molecule has 0 bridgehead atoms. The zero-order chi connectivity index (χ0) is 9.84. The molecule has 4 heteroatoms. The molecule has 2 N–H and O–H groups in total. The monoisotopic (exact) mass is 183 g/mol. The fourth-order valence-electron chi connectivity index (χ4n) is 1.26. The van der Waals surface area contributed by atoms with E-state index < -0.39 is 0 Å². The molecule has 1 rings (SSSR count). The standard InChI is InChI=1S/C9H17N3O/c1-7(13-3)6-12-8(2)11-5-9(12)4-10/h5,7H,4,6,10H2,1-3H3. The summed E-state index contributed by atoms with van der Waals surface area (Å²) in [5.74, 6) is 0.990. The van der Waals surface area contributed by atoms with E-state index in [0.29, 0.717) is 6.54 Å². The van der Waals surface area contributed by atoms with E-state index in [1.165, 1.54) is 0 Å². The first kappa shape index (κ1) is 10.2. The molecule has 0 amide bonds. The molecular weight excluding hydrogens is 166 g/mol. The maximum Gasteiger partial charge on any atom is 0.105 e. The van der Waals surface area contributed by atoms with Crippen LogP contribution in [0.15, 0.2) is 6.20 Å². The fraction of sp³-hybridized carbons (Fsp3) is 0.667. The number of nitrogens with zero attached hydrogens (tertiary/aromatic N) is 2. The number of imidazole rings is 1. The van der Waals surface area contributed by atoms with Crippen LogP contribution in [0.1, 0.15) is 18.4 Å². The number of methoxy groups -OCH3 is 1. The maximum absolute atomic E-state index is 5.58. The van der Waals surface area contributed by atoms with Crippen LogP contribution in [-0.2, 0) is 17.8 Å². The Balaban J connectivity index is 2.79. The Kier molecular flexibility index (Phi) is 3.45. The molecule has 0 aromatic carbocycles. The van der Waals surface area contributed by atoms with Crippen molar-refractivity contribution in [2.75, 3.05) is 7.11 Å². The Hall–Kier alpha value is -0.870. The second kappa shape index (κ2) is 4.39.